The van der Waals surface area contributed by atoms with Gasteiger partial charge in [0.15, 0.2) is 0 Å². The molecule has 19 heavy (non-hydrogen) atoms. The molecule has 0 atom stereocenters. The summed E-state index contributed by atoms with van der Waals surface area (Å²) in [5.41, 5.74) is 2.93. The van der Waals surface area contributed by atoms with Crippen molar-refractivity contribution in [1.82, 2.24) is 0 Å². The predicted octanol–water partition coefficient (Wildman–Crippen LogP) is 3.60. The highest BCUT2D eigenvalue weighted by molar-refractivity contribution is 5.47. The van der Waals surface area contributed by atoms with E-state index in [1.165, 1.54) is 0 Å². The van der Waals surface area contributed by atoms with E-state index >= 15 is 0 Å². The Bertz CT molecular complexity index is 559. The van der Waals surface area contributed by atoms with Crippen molar-refractivity contribution >= 4 is 0 Å². The van der Waals surface area contributed by atoms with Crippen molar-refractivity contribution in [3.8, 4) is 17.2 Å². The van der Waals surface area contributed by atoms with Gasteiger partial charge in [-0.2, -0.15) is 0 Å². The third kappa shape index (κ3) is 3.06. The molecule has 0 fully saturated rings. The van der Waals surface area contributed by atoms with E-state index in [-0.39, 0.29) is 6.61 Å². The summed E-state index contributed by atoms with van der Waals surface area (Å²) in [6.07, 6.45) is 0. The first-order valence-corrected chi connectivity index (χ1v) is 6.17. The summed E-state index contributed by atoms with van der Waals surface area (Å²) in [5.74, 6) is 2.43. The topological polar surface area (TPSA) is 38.7 Å². The fraction of sp³-hybridized carbons (Fsp3) is 0.250. The molecule has 0 spiro atoms. The Labute approximate surface area is 113 Å². The van der Waals surface area contributed by atoms with E-state index in [1.807, 2.05) is 50.2 Å². The fourth-order valence-corrected chi connectivity index (χ4v) is 1.88. The molecule has 0 aliphatic carbocycles. The van der Waals surface area contributed by atoms with Gasteiger partial charge in [0.1, 0.15) is 17.2 Å². The van der Waals surface area contributed by atoms with Crippen LogP contribution in [0.1, 0.15) is 16.7 Å². The van der Waals surface area contributed by atoms with Crippen LogP contribution in [0, 0.1) is 13.8 Å². The number of aryl methyl sites for hydroxylation is 2. The lowest BCUT2D eigenvalue weighted by Gasteiger charge is -2.12. The number of aliphatic hydroxyl groups excluding tert-OH is 1. The highest BCUT2D eigenvalue weighted by Gasteiger charge is 2.07. The second-order valence-corrected chi connectivity index (χ2v) is 4.49. The monoisotopic (exact) mass is 258 g/mol. The summed E-state index contributed by atoms with van der Waals surface area (Å²) in [6, 6.07) is 11.3. The van der Waals surface area contributed by atoms with Gasteiger partial charge in [-0.25, -0.2) is 0 Å². The van der Waals surface area contributed by atoms with Crippen molar-refractivity contribution in [2.75, 3.05) is 7.11 Å². The maximum absolute atomic E-state index is 9.00. The van der Waals surface area contributed by atoms with Crippen molar-refractivity contribution in [3.63, 3.8) is 0 Å². The third-order valence-electron chi connectivity index (χ3n) is 3.03. The highest BCUT2D eigenvalue weighted by atomic mass is 16.5. The number of benzene rings is 2. The molecule has 0 saturated carbocycles. The van der Waals surface area contributed by atoms with Gasteiger partial charge in [0.25, 0.3) is 0 Å². The number of rotatable bonds is 4. The van der Waals surface area contributed by atoms with Gasteiger partial charge in [-0.05, 0) is 54.8 Å². The van der Waals surface area contributed by atoms with Crippen LogP contribution in [-0.2, 0) is 6.61 Å². The second-order valence-electron chi connectivity index (χ2n) is 4.49. The first kappa shape index (κ1) is 13.4. The number of aliphatic hydroxyl groups is 1. The maximum Gasteiger partial charge on any atom is 0.130 e. The van der Waals surface area contributed by atoms with E-state index in [4.69, 9.17) is 14.6 Å². The van der Waals surface area contributed by atoms with E-state index in [0.717, 1.165) is 33.9 Å². The molecule has 2 rings (SSSR count). The average Bonchev–Trinajstić information content (AvgIpc) is 2.43. The number of ether oxygens (including phenoxy) is 2. The van der Waals surface area contributed by atoms with Crippen LogP contribution in [-0.4, -0.2) is 12.2 Å². The molecule has 3 nitrogen and oxygen atoms in total. The summed E-state index contributed by atoms with van der Waals surface area (Å²) in [4.78, 5) is 0. The number of hydrogen-bond donors (Lipinski definition) is 1. The Morgan fingerprint density at radius 1 is 0.947 bits per heavy atom. The van der Waals surface area contributed by atoms with Crippen LogP contribution in [0.15, 0.2) is 36.4 Å². The third-order valence-corrected chi connectivity index (χ3v) is 3.03. The summed E-state index contributed by atoms with van der Waals surface area (Å²) >= 11 is 0. The molecule has 1 N–H and O–H groups in total. The fourth-order valence-electron chi connectivity index (χ4n) is 1.88. The smallest absolute Gasteiger partial charge is 0.130 e. The van der Waals surface area contributed by atoms with Crippen LogP contribution in [0.4, 0.5) is 0 Å². The molecule has 2 aromatic rings. The molecule has 0 bridgehead atoms. The van der Waals surface area contributed by atoms with Gasteiger partial charge in [0, 0.05) is 0 Å². The van der Waals surface area contributed by atoms with Crippen molar-refractivity contribution in [2.45, 2.75) is 20.5 Å². The Morgan fingerprint density at radius 3 is 2.11 bits per heavy atom. The van der Waals surface area contributed by atoms with Gasteiger partial charge in [-0.1, -0.05) is 12.1 Å². The normalized spacial score (nSPS) is 10.3. The van der Waals surface area contributed by atoms with E-state index in [2.05, 4.69) is 0 Å². The number of hydrogen-bond acceptors (Lipinski definition) is 3. The van der Waals surface area contributed by atoms with Crippen LogP contribution in [0.5, 0.6) is 17.2 Å². The Kier molecular flexibility index (Phi) is 4.07. The molecule has 0 amide bonds. The highest BCUT2D eigenvalue weighted by Crippen LogP contribution is 2.31. The van der Waals surface area contributed by atoms with Gasteiger partial charge < -0.3 is 14.6 Å². The Balaban J connectivity index is 2.25. The molecule has 0 saturated heterocycles. The Hall–Kier alpha value is -2.00. The molecule has 0 unspecified atom stereocenters. The summed E-state index contributed by atoms with van der Waals surface area (Å²) in [7, 11) is 1.66. The van der Waals surface area contributed by atoms with E-state index < -0.39 is 0 Å². The van der Waals surface area contributed by atoms with Crippen LogP contribution in [0.3, 0.4) is 0 Å². The van der Waals surface area contributed by atoms with E-state index in [0.29, 0.717) is 0 Å². The van der Waals surface area contributed by atoms with E-state index in [9.17, 15) is 0 Å². The van der Waals surface area contributed by atoms with Gasteiger partial charge in [0.05, 0.1) is 13.7 Å². The molecular formula is C16H18O3. The molecule has 0 heterocycles. The summed E-state index contributed by atoms with van der Waals surface area (Å²) in [6.45, 7) is 4.01. The van der Waals surface area contributed by atoms with Crippen LogP contribution >= 0.6 is 0 Å². The maximum atomic E-state index is 9.00. The zero-order valence-corrected chi connectivity index (χ0v) is 11.4. The SMILES string of the molecule is COc1cc(C)c(Oc2ccc(CO)cc2)cc1C. The van der Waals surface area contributed by atoms with Gasteiger partial charge >= 0.3 is 0 Å². The quantitative estimate of drug-likeness (QED) is 0.910. The lowest BCUT2D eigenvalue weighted by molar-refractivity contribution is 0.281. The van der Waals surface area contributed by atoms with Crippen molar-refractivity contribution in [1.29, 1.82) is 0 Å². The van der Waals surface area contributed by atoms with Crippen LogP contribution in [0.2, 0.25) is 0 Å². The molecule has 0 aliphatic rings. The largest absolute Gasteiger partial charge is 0.496 e. The van der Waals surface area contributed by atoms with Crippen molar-refractivity contribution in [2.24, 2.45) is 0 Å². The molecule has 3 heteroatoms. The molecule has 2 aromatic carbocycles. The lowest BCUT2D eigenvalue weighted by Crippen LogP contribution is -1.93. The molecule has 0 radical (unpaired) electrons. The van der Waals surface area contributed by atoms with E-state index in [1.54, 1.807) is 7.11 Å². The zero-order chi connectivity index (χ0) is 13.8. The van der Waals surface area contributed by atoms with Gasteiger partial charge in [0.2, 0.25) is 0 Å². The first-order valence-electron chi connectivity index (χ1n) is 6.17. The zero-order valence-electron chi connectivity index (χ0n) is 11.4. The van der Waals surface area contributed by atoms with Crippen LogP contribution < -0.4 is 9.47 Å². The minimum Gasteiger partial charge on any atom is -0.496 e. The van der Waals surface area contributed by atoms with Gasteiger partial charge in [-0.15, -0.1) is 0 Å². The average molecular weight is 258 g/mol. The van der Waals surface area contributed by atoms with Crippen molar-refractivity contribution < 1.29 is 14.6 Å². The minimum absolute atomic E-state index is 0.0426. The van der Waals surface area contributed by atoms with Crippen LogP contribution in [0.25, 0.3) is 0 Å². The Morgan fingerprint density at radius 2 is 1.53 bits per heavy atom. The van der Waals surface area contributed by atoms with Crippen molar-refractivity contribution in [3.05, 3.63) is 53.1 Å². The minimum atomic E-state index is 0.0426. The molecule has 0 aliphatic heterocycles. The summed E-state index contributed by atoms with van der Waals surface area (Å²) in [5, 5.41) is 9.00. The van der Waals surface area contributed by atoms with Gasteiger partial charge in [-0.3, -0.25) is 0 Å². The second kappa shape index (κ2) is 5.76. The predicted molar refractivity (Wildman–Crippen MR) is 74.9 cm³/mol. The molecule has 0 aromatic heterocycles. The molecule has 100 valence electrons. The molecular weight excluding hydrogens is 240 g/mol. The standard InChI is InChI=1S/C16H18O3/c1-11-9-16(12(2)8-15(11)18-3)19-14-6-4-13(10-17)5-7-14/h4-9,17H,10H2,1-3H3. The first-order chi connectivity index (χ1) is 9.13. The number of methoxy groups -OCH3 is 1. The lowest BCUT2D eigenvalue weighted by atomic mass is 10.1. The summed E-state index contributed by atoms with van der Waals surface area (Å²) < 4.78 is 11.1.